The molecule has 6 heteroatoms. The van der Waals surface area contributed by atoms with Crippen LogP contribution in [0.25, 0.3) is 0 Å². The second-order valence-corrected chi connectivity index (χ2v) is 9.39. The second kappa shape index (κ2) is 13.7. The molecule has 5 nitrogen and oxygen atoms in total. The molecule has 0 aliphatic rings. The Morgan fingerprint density at radius 3 is 2.14 bits per heavy atom. The quantitative estimate of drug-likeness (QED) is 0.336. The van der Waals surface area contributed by atoms with Gasteiger partial charge in [0.25, 0.3) is 5.91 Å². The molecule has 0 aliphatic heterocycles. The number of nitrogens with zero attached hydrogens (tertiary/aromatic N) is 1. The van der Waals surface area contributed by atoms with Crippen LogP contribution >= 0.6 is 11.6 Å². The fourth-order valence-electron chi connectivity index (χ4n) is 3.83. The van der Waals surface area contributed by atoms with Gasteiger partial charge in [0.05, 0.1) is 0 Å². The lowest BCUT2D eigenvalue weighted by atomic mass is 10.0. The number of hydrogen-bond donors (Lipinski definition) is 1. The summed E-state index contributed by atoms with van der Waals surface area (Å²) in [7, 11) is 0. The maximum atomic E-state index is 13.6. The lowest BCUT2D eigenvalue weighted by Gasteiger charge is -2.32. The Bertz CT molecular complexity index is 1100. The number of amides is 2. The number of hydrogen-bond acceptors (Lipinski definition) is 3. The molecule has 3 aromatic carbocycles. The zero-order valence-corrected chi connectivity index (χ0v) is 22.0. The normalized spacial score (nSPS) is 12.4. The van der Waals surface area contributed by atoms with Crippen molar-refractivity contribution in [1.82, 2.24) is 10.2 Å². The number of nitrogens with one attached hydrogen (secondary N) is 1. The standard InChI is InChI=1S/C30H35ClN2O3/c1-4-22(3)32-30(35)28(19-24-9-7-6-8-10-24)33(20-25-11-15-26(31)16-12-25)29(34)21-36-27-17-13-23(5-2)14-18-27/h6-18,22,28H,4-5,19-21H2,1-3H3,(H,32,35)/t22-,28-/m0/s1. The summed E-state index contributed by atoms with van der Waals surface area (Å²) < 4.78 is 5.84. The largest absolute Gasteiger partial charge is 0.484 e. The number of rotatable bonds is 12. The molecular formula is C30H35ClN2O3. The van der Waals surface area contributed by atoms with Gasteiger partial charge >= 0.3 is 0 Å². The first-order valence-electron chi connectivity index (χ1n) is 12.5. The summed E-state index contributed by atoms with van der Waals surface area (Å²) in [6.45, 7) is 6.17. The lowest BCUT2D eigenvalue weighted by molar-refractivity contribution is -0.143. The first kappa shape index (κ1) is 27.3. The molecule has 3 aromatic rings. The van der Waals surface area contributed by atoms with E-state index in [2.05, 4.69) is 12.2 Å². The molecule has 2 atom stereocenters. The molecule has 190 valence electrons. The molecular weight excluding hydrogens is 472 g/mol. The third kappa shape index (κ3) is 8.13. The van der Waals surface area contributed by atoms with Gasteiger partial charge < -0.3 is 15.0 Å². The summed E-state index contributed by atoms with van der Waals surface area (Å²) in [5, 5.41) is 3.69. The van der Waals surface area contributed by atoms with Crippen molar-refractivity contribution in [2.45, 2.75) is 58.7 Å². The molecule has 0 spiro atoms. The van der Waals surface area contributed by atoms with E-state index in [1.54, 1.807) is 17.0 Å². The highest BCUT2D eigenvalue weighted by Crippen LogP contribution is 2.18. The Balaban J connectivity index is 1.88. The van der Waals surface area contributed by atoms with Gasteiger partial charge in [0, 0.05) is 24.0 Å². The number of halogens is 1. The van der Waals surface area contributed by atoms with Crippen LogP contribution in [0.3, 0.4) is 0 Å². The molecule has 1 N–H and O–H groups in total. The molecule has 3 rings (SSSR count). The zero-order chi connectivity index (χ0) is 25.9. The first-order chi connectivity index (χ1) is 17.4. The van der Waals surface area contributed by atoms with Gasteiger partial charge in [-0.3, -0.25) is 9.59 Å². The van der Waals surface area contributed by atoms with Crippen molar-refractivity contribution in [2.24, 2.45) is 0 Å². The van der Waals surface area contributed by atoms with Crippen LogP contribution in [0.2, 0.25) is 5.02 Å². The van der Waals surface area contributed by atoms with Crippen LogP contribution in [-0.4, -0.2) is 35.4 Å². The predicted octanol–water partition coefficient (Wildman–Crippen LogP) is 5.84. The van der Waals surface area contributed by atoms with Crippen LogP contribution in [0, 0.1) is 0 Å². The average Bonchev–Trinajstić information content (AvgIpc) is 2.91. The topological polar surface area (TPSA) is 58.6 Å². The van der Waals surface area contributed by atoms with Crippen molar-refractivity contribution in [2.75, 3.05) is 6.61 Å². The molecule has 0 fully saturated rings. The minimum atomic E-state index is -0.698. The van der Waals surface area contributed by atoms with Crippen LogP contribution in [0.5, 0.6) is 5.75 Å². The van der Waals surface area contributed by atoms with Gasteiger partial charge in [-0.2, -0.15) is 0 Å². The van der Waals surface area contributed by atoms with Crippen LogP contribution < -0.4 is 10.1 Å². The Labute approximate surface area is 219 Å². The highest BCUT2D eigenvalue weighted by Gasteiger charge is 2.31. The molecule has 36 heavy (non-hydrogen) atoms. The second-order valence-electron chi connectivity index (χ2n) is 8.96. The van der Waals surface area contributed by atoms with Gasteiger partial charge in [-0.1, -0.05) is 80.0 Å². The minimum Gasteiger partial charge on any atom is -0.484 e. The Morgan fingerprint density at radius 1 is 0.889 bits per heavy atom. The number of ether oxygens (including phenoxy) is 1. The molecule has 0 heterocycles. The number of aryl methyl sites for hydroxylation is 1. The molecule has 0 bridgehead atoms. The summed E-state index contributed by atoms with van der Waals surface area (Å²) in [5.41, 5.74) is 3.06. The van der Waals surface area contributed by atoms with E-state index in [1.807, 2.05) is 80.6 Å². The van der Waals surface area contributed by atoms with Crippen LogP contribution in [-0.2, 0) is 29.0 Å². The van der Waals surface area contributed by atoms with E-state index in [0.717, 1.165) is 24.0 Å². The molecule has 0 radical (unpaired) electrons. The fraction of sp³-hybridized carbons (Fsp3) is 0.333. The van der Waals surface area contributed by atoms with E-state index < -0.39 is 6.04 Å². The zero-order valence-electron chi connectivity index (χ0n) is 21.2. The van der Waals surface area contributed by atoms with Gasteiger partial charge in [-0.25, -0.2) is 0 Å². The number of carbonyl (C=O) groups is 2. The van der Waals surface area contributed by atoms with Crippen molar-refractivity contribution in [3.63, 3.8) is 0 Å². The summed E-state index contributed by atoms with van der Waals surface area (Å²) in [4.78, 5) is 28.7. The molecule has 0 saturated heterocycles. The van der Waals surface area contributed by atoms with Crippen molar-refractivity contribution in [3.8, 4) is 5.75 Å². The third-order valence-corrected chi connectivity index (χ3v) is 6.48. The monoisotopic (exact) mass is 506 g/mol. The Kier molecular flexibility index (Phi) is 10.4. The molecule has 2 amide bonds. The summed E-state index contributed by atoms with van der Waals surface area (Å²) >= 11 is 6.08. The number of benzene rings is 3. The SMILES string of the molecule is CCc1ccc(OCC(=O)N(Cc2ccc(Cl)cc2)[C@@H](Cc2ccccc2)C(=O)N[C@@H](C)CC)cc1. The highest BCUT2D eigenvalue weighted by atomic mass is 35.5. The summed E-state index contributed by atoms with van der Waals surface area (Å²) in [6.07, 6.45) is 2.12. The van der Waals surface area contributed by atoms with Crippen molar-refractivity contribution in [1.29, 1.82) is 0 Å². The van der Waals surface area contributed by atoms with E-state index in [4.69, 9.17) is 16.3 Å². The molecule has 0 aliphatic carbocycles. The van der Waals surface area contributed by atoms with Crippen molar-refractivity contribution >= 4 is 23.4 Å². The van der Waals surface area contributed by atoms with Crippen molar-refractivity contribution in [3.05, 3.63) is 101 Å². The van der Waals surface area contributed by atoms with E-state index in [9.17, 15) is 9.59 Å². The lowest BCUT2D eigenvalue weighted by Crippen LogP contribution is -2.53. The maximum absolute atomic E-state index is 13.6. The van der Waals surface area contributed by atoms with E-state index in [0.29, 0.717) is 17.2 Å². The molecule has 0 unspecified atom stereocenters. The maximum Gasteiger partial charge on any atom is 0.261 e. The fourth-order valence-corrected chi connectivity index (χ4v) is 3.96. The average molecular weight is 507 g/mol. The van der Waals surface area contributed by atoms with Gasteiger partial charge in [0.2, 0.25) is 5.91 Å². The predicted molar refractivity (Wildman–Crippen MR) is 145 cm³/mol. The van der Waals surface area contributed by atoms with Gasteiger partial charge in [0.1, 0.15) is 11.8 Å². The van der Waals surface area contributed by atoms with Gasteiger partial charge in [-0.05, 0) is 60.7 Å². The van der Waals surface area contributed by atoms with Gasteiger partial charge in [0.15, 0.2) is 6.61 Å². The van der Waals surface area contributed by atoms with E-state index in [1.165, 1.54) is 5.56 Å². The van der Waals surface area contributed by atoms with E-state index >= 15 is 0 Å². The molecule has 0 aromatic heterocycles. The minimum absolute atomic E-state index is 0.00316. The number of carbonyl (C=O) groups excluding carboxylic acids is 2. The van der Waals surface area contributed by atoms with Crippen LogP contribution in [0.4, 0.5) is 0 Å². The summed E-state index contributed by atoms with van der Waals surface area (Å²) in [6, 6.07) is 24.1. The Hall–Kier alpha value is -3.31. The van der Waals surface area contributed by atoms with Gasteiger partial charge in [-0.15, -0.1) is 0 Å². The van der Waals surface area contributed by atoms with E-state index in [-0.39, 0.29) is 31.0 Å². The smallest absolute Gasteiger partial charge is 0.261 e. The first-order valence-corrected chi connectivity index (χ1v) is 12.9. The van der Waals surface area contributed by atoms with Crippen LogP contribution in [0.15, 0.2) is 78.9 Å². The Morgan fingerprint density at radius 2 is 1.53 bits per heavy atom. The summed E-state index contributed by atoms with van der Waals surface area (Å²) in [5.74, 6) is 0.184. The van der Waals surface area contributed by atoms with Crippen molar-refractivity contribution < 1.29 is 14.3 Å². The molecule has 0 saturated carbocycles. The third-order valence-electron chi connectivity index (χ3n) is 6.23. The highest BCUT2D eigenvalue weighted by molar-refractivity contribution is 6.30. The van der Waals surface area contributed by atoms with Crippen LogP contribution in [0.1, 0.15) is 43.9 Å².